The van der Waals surface area contributed by atoms with Crippen LogP contribution < -0.4 is 5.73 Å². The van der Waals surface area contributed by atoms with E-state index in [9.17, 15) is 0 Å². The van der Waals surface area contributed by atoms with Crippen LogP contribution in [0.4, 0.5) is 0 Å². The molecule has 1 aliphatic rings. The van der Waals surface area contributed by atoms with Gasteiger partial charge in [0.2, 0.25) is 0 Å². The van der Waals surface area contributed by atoms with Gasteiger partial charge in [-0.05, 0) is 44.4 Å². The summed E-state index contributed by atoms with van der Waals surface area (Å²) in [5.41, 5.74) is 10.2. The van der Waals surface area contributed by atoms with E-state index < -0.39 is 0 Å². The predicted molar refractivity (Wildman–Crippen MR) is 68.4 cm³/mol. The fraction of sp³-hybridized carbons (Fsp3) is 0.571. The van der Waals surface area contributed by atoms with Gasteiger partial charge < -0.3 is 5.73 Å². The van der Waals surface area contributed by atoms with Crippen molar-refractivity contribution in [1.29, 1.82) is 0 Å². The van der Waals surface area contributed by atoms with E-state index in [0.717, 1.165) is 13.1 Å². The molecule has 1 aromatic carbocycles. The zero-order valence-electron chi connectivity index (χ0n) is 10.4. The Hall–Kier alpha value is -0.860. The number of nitrogens with zero attached hydrogens (tertiary/aromatic N) is 1. The number of piperidine rings is 1. The second-order valence-corrected chi connectivity index (χ2v) is 5.07. The second kappa shape index (κ2) is 4.98. The summed E-state index contributed by atoms with van der Waals surface area (Å²) in [6, 6.07) is 7.09. The van der Waals surface area contributed by atoms with Crippen LogP contribution in [0.3, 0.4) is 0 Å². The first kappa shape index (κ1) is 11.6. The summed E-state index contributed by atoms with van der Waals surface area (Å²) in [6.45, 7) is 7.65. The highest BCUT2D eigenvalue weighted by atomic mass is 15.1. The Bertz CT molecular complexity index is 360. The first-order valence-electron chi connectivity index (χ1n) is 6.19. The van der Waals surface area contributed by atoms with Crippen LogP contribution in [-0.2, 0) is 6.54 Å². The summed E-state index contributed by atoms with van der Waals surface area (Å²) >= 11 is 0. The molecule has 0 spiro atoms. The lowest BCUT2D eigenvalue weighted by atomic mass is 10.0. The van der Waals surface area contributed by atoms with E-state index in [1.54, 1.807) is 0 Å². The van der Waals surface area contributed by atoms with E-state index in [-0.39, 0.29) is 0 Å². The van der Waals surface area contributed by atoms with E-state index in [4.69, 9.17) is 5.73 Å². The van der Waals surface area contributed by atoms with Crippen LogP contribution in [0, 0.1) is 13.8 Å². The molecule has 1 unspecified atom stereocenters. The molecule has 2 nitrogen and oxygen atoms in total. The highest BCUT2D eigenvalue weighted by Crippen LogP contribution is 2.16. The number of aryl methyl sites for hydroxylation is 2. The standard InChI is InChI=1S/C14H22N2/c1-11-5-6-13(12(2)8-11)9-16-7-3-4-14(15)10-16/h5-6,8,14H,3-4,7,9-10,15H2,1-2H3. The lowest BCUT2D eigenvalue weighted by molar-refractivity contribution is 0.201. The number of benzene rings is 1. The summed E-state index contributed by atoms with van der Waals surface area (Å²) in [5.74, 6) is 0. The molecule has 0 bridgehead atoms. The molecule has 1 aromatic rings. The fourth-order valence-corrected chi connectivity index (χ4v) is 2.50. The minimum Gasteiger partial charge on any atom is -0.327 e. The van der Waals surface area contributed by atoms with Gasteiger partial charge in [0.25, 0.3) is 0 Å². The quantitative estimate of drug-likeness (QED) is 0.825. The van der Waals surface area contributed by atoms with Gasteiger partial charge in [-0.15, -0.1) is 0 Å². The Morgan fingerprint density at radius 2 is 2.19 bits per heavy atom. The molecule has 0 aromatic heterocycles. The normalized spacial score (nSPS) is 22.3. The molecule has 0 saturated carbocycles. The maximum atomic E-state index is 6.00. The molecule has 0 amide bonds. The highest BCUT2D eigenvalue weighted by Gasteiger charge is 2.16. The molecular formula is C14H22N2. The summed E-state index contributed by atoms with van der Waals surface area (Å²) in [7, 11) is 0. The highest BCUT2D eigenvalue weighted by molar-refractivity contribution is 5.30. The molecule has 2 rings (SSSR count). The zero-order chi connectivity index (χ0) is 11.5. The number of hydrogen-bond acceptors (Lipinski definition) is 2. The van der Waals surface area contributed by atoms with Crippen molar-refractivity contribution in [3.63, 3.8) is 0 Å². The van der Waals surface area contributed by atoms with Crippen molar-refractivity contribution >= 4 is 0 Å². The van der Waals surface area contributed by atoms with Crippen LogP contribution >= 0.6 is 0 Å². The molecule has 1 saturated heterocycles. The molecule has 2 heteroatoms. The van der Waals surface area contributed by atoms with Crippen LogP contribution in [0.2, 0.25) is 0 Å². The summed E-state index contributed by atoms with van der Waals surface area (Å²) < 4.78 is 0. The van der Waals surface area contributed by atoms with E-state index in [1.807, 2.05) is 0 Å². The van der Waals surface area contributed by atoms with Gasteiger partial charge in [-0.2, -0.15) is 0 Å². The van der Waals surface area contributed by atoms with Gasteiger partial charge in [-0.25, -0.2) is 0 Å². The first-order valence-corrected chi connectivity index (χ1v) is 6.19. The number of hydrogen-bond donors (Lipinski definition) is 1. The number of likely N-dealkylation sites (tertiary alicyclic amines) is 1. The number of rotatable bonds is 2. The third-order valence-corrected chi connectivity index (χ3v) is 3.43. The molecule has 16 heavy (non-hydrogen) atoms. The lowest BCUT2D eigenvalue weighted by Crippen LogP contribution is -2.42. The van der Waals surface area contributed by atoms with Crippen molar-refractivity contribution in [2.24, 2.45) is 5.73 Å². The molecule has 88 valence electrons. The van der Waals surface area contributed by atoms with Crippen LogP contribution in [0.5, 0.6) is 0 Å². The van der Waals surface area contributed by atoms with E-state index >= 15 is 0 Å². The lowest BCUT2D eigenvalue weighted by Gasteiger charge is -2.31. The van der Waals surface area contributed by atoms with E-state index in [1.165, 1.54) is 36.1 Å². The van der Waals surface area contributed by atoms with Crippen molar-refractivity contribution in [2.75, 3.05) is 13.1 Å². The Kier molecular flexibility index (Phi) is 3.62. The Morgan fingerprint density at radius 1 is 1.38 bits per heavy atom. The van der Waals surface area contributed by atoms with Gasteiger partial charge in [-0.3, -0.25) is 4.90 Å². The maximum Gasteiger partial charge on any atom is 0.0237 e. The topological polar surface area (TPSA) is 29.3 Å². The van der Waals surface area contributed by atoms with E-state index in [2.05, 4.69) is 36.9 Å². The molecule has 0 aliphatic carbocycles. The van der Waals surface area contributed by atoms with Gasteiger partial charge >= 0.3 is 0 Å². The zero-order valence-corrected chi connectivity index (χ0v) is 10.4. The van der Waals surface area contributed by atoms with Crippen molar-refractivity contribution in [1.82, 2.24) is 4.90 Å². The minimum atomic E-state index is 0.375. The molecule has 0 radical (unpaired) electrons. The SMILES string of the molecule is Cc1ccc(CN2CCCC(N)C2)c(C)c1. The van der Waals surface area contributed by atoms with Crippen LogP contribution in [0.1, 0.15) is 29.5 Å². The summed E-state index contributed by atoms with van der Waals surface area (Å²) in [6.07, 6.45) is 2.43. The Morgan fingerprint density at radius 3 is 2.88 bits per heavy atom. The monoisotopic (exact) mass is 218 g/mol. The smallest absolute Gasteiger partial charge is 0.0237 e. The molecule has 1 heterocycles. The molecule has 1 aliphatic heterocycles. The van der Waals surface area contributed by atoms with Gasteiger partial charge in [0.15, 0.2) is 0 Å². The summed E-state index contributed by atoms with van der Waals surface area (Å²) in [4.78, 5) is 2.48. The number of nitrogens with two attached hydrogens (primary N) is 1. The molecule has 1 atom stereocenters. The van der Waals surface area contributed by atoms with Crippen molar-refractivity contribution in [3.05, 3.63) is 34.9 Å². The average molecular weight is 218 g/mol. The van der Waals surface area contributed by atoms with Crippen molar-refractivity contribution in [2.45, 2.75) is 39.3 Å². The molecule has 2 N–H and O–H groups in total. The Balaban J connectivity index is 2.02. The molecule has 1 fully saturated rings. The van der Waals surface area contributed by atoms with Crippen LogP contribution in [0.25, 0.3) is 0 Å². The Labute approximate surface area is 98.4 Å². The maximum absolute atomic E-state index is 6.00. The van der Waals surface area contributed by atoms with Gasteiger partial charge in [-0.1, -0.05) is 23.8 Å². The van der Waals surface area contributed by atoms with Gasteiger partial charge in [0.05, 0.1) is 0 Å². The van der Waals surface area contributed by atoms with Crippen molar-refractivity contribution in [3.8, 4) is 0 Å². The van der Waals surface area contributed by atoms with Gasteiger partial charge in [0.1, 0.15) is 0 Å². The van der Waals surface area contributed by atoms with Crippen molar-refractivity contribution < 1.29 is 0 Å². The second-order valence-electron chi connectivity index (χ2n) is 5.07. The first-order chi connectivity index (χ1) is 7.65. The van der Waals surface area contributed by atoms with Gasteiger partial charge in [0, 0.05) is 19.1 Å². The third kappa shape index (κ3) is 2.83. The van der Waals surface area contributed by atoms with Crippen LogP contribution in [0.15, 0.2) is 18.2 Å². The minimum absolute atomic E-state index is 0.375. The summed E-state index contributed by atoms with van der Waals surface area (Å²) in [5, 5.41) is 0. The predicted octanol–water partition coefficient (Wildman–Crippen LogP) is 2.23. The van der Waals surface area contributed by atoms with E-state index in [0.29, 0.717) is 6.04 Å². The average Bonchev–Trinajstić information content (AvgIpc) is 2.22. The molecular weight excluding hydrogens is 196 g/mol. The van der Waals surface area contributed by atoms with Crippen LogP contribution in [-0.4, -0.2) is 24.0 Å². The third-order valence-electron chi connectivity index (χ3n) is 3.43. The fourth-order valence-electron chi connectivity index (χ4n) is 2.50. The largest absolute Gasteiger partial charge is 0.327 e.